The number of hydrogen-bond donors (Lipinski definition) is 0. The largest absolute Gasteiger partial charge is 0.416 e. The number of piperazine rings is 1. The molecule has 1 aromatic carbocycles. The van der Waals surface area contributed by atoms with Crippen LogP contribution in [0.3, 0.4) is 0 Å². The van der Waals surface area contributed by atoms with Crippen LogP contribution in [0.4, 0.5) is 24.5 Å². The van der Waals surface area contributed by atoms with E-state index in [1.807, 2.05) is 26.0 Å². The smallest absolute Gasteiger partial charge is 0.362 e. The minimum absolute atomic E-state index is 0.0179. The van der Waals surface area contributed by atoms with Gasteiger partial charge in [-0.05, 0) is 50.1 Å². The van der Waals surface area contributed by atoms with Crippen LogP contribution in [0.2, 0.25) is 0 Å². The van der Waals surface area contributed by atoms with Crippen molar-refractivity contribution in [2.75, 3.05) is 31.1 Å². The van der Waals surface area contributed by atoms with Gasteiger partial charge in [-0.25, -0.2) is 0 Å². The van der Waals surface area contributed by atoms with Crippen LogP contribution < -0.4 is 4.90 Å². The van der Waals surface area contributed by atoms with Crippen LogP contribution in [-0.2, 0) is 17.5 Å². The second-order valence-corrected chi connectivity index (χ2v) is 8.39. The first-order chi connectivity index (χ1) is 16.5. The quantitative estimate of drug-likeness (QED) is 0.254. The molecule has 1 aromatic heterocycles. The summed E-state index contributed by atoms with van der Waals surface area (Å²) in [6.07, 6.45) is -2.17. The van der Waals surface area contributed by atoms with Crippen LogP contribution in [0.25, 0.3) is 6.08 Å². The molecular weight excluding hydrogens is 463 g/mol. The summed E-state index contributed by atoms with van der Waals surface area (Å²) in [5, 5.41) is 21.0. The highest BCUT2D eigenvalue weighted by atomic mass is 19.4. The zero-order valence-corrected chi connectivity index (χ0v) is 19.7. The number of aromatic nitrogens is 1. The van der Waals surface area contributed by atoms with Gasteiger partial charge in [0.1, 0.15) is 17.3 Å². The van der Waals surface area contributed by atoms with Crippen LogP contribution in [-0.4, -0.2) is 46.5 Å². The Morgan fingerprint density at radius 3 is 2.40 bits per heavy atom. The fourth-order valence-electron chi connectivity index (χ4n) is 4.27. The summed E-state index contributed by atoms with van der Waals surface area (Å²) in [5.74, 6) is -0.450. The zero-order chi connectivity index (χ0) is 25.9. The van der Waals surface area contributed by atoms with Crippen molar-refractivity contribution in [2.45, 2.75) is 39.9 Å². The lowest BCUT2D eigenvalue weighted by atomic mass is 10.1. The van der Waals surface area contributed by atoms with E-state index in [1.54, 1.807) is 11.0 Å². The van der Waals surface area contributed by atoms with Gasteiger partial charge in [0.05, 0.1) is 10.5 Å². The molecule has 2 aromatic rings. The molecule has 0 atom stereocenters. The van der Waals surface area contributed by atoms with Gasteiger partial charge < -0.3 is 14.4 Å². The van der Waals surface area contributed by atoms with Gasteiger partial charge in [-0.15, -0.1) is 0 Å². The van der Waals surface area contributed by atoms with E-state index in [0.29, 0.717) is 6.07 Å². The molecule has 0 N–H and O–H groups in total. The minimum atomic E-state index is -4.69. The average molecular weight is 489 g/mol. The van der Waals surface area contributed by atoms with Crippen molar-refractivity contribution >= 4 is 23.4 Å². The van der Waals surface area contributed by atoms with Gasteiger partial charge in [0.25, 0.3) is 11.6 Å². The SMILES string of the molecule is CCCn1c(C)cc(/C=C(\C#N)C(=O)N2CCN(c3ccc(C(F)(F)F)cc3[N+](=O)[O-])CC2)c1C. The molecule has 0 bridgehead atoms. The molecular formula is C24H26F3N5O3. The number of halogens is 3. The highest BCUT2D eigenvalue weighted by Gasteiger charge is 2.34. The second-order valence-electron chi connectivity index (χ2n) is 8.39. The van der Waals surface area contributed by atoms with E-state index in [4.69, 9.17) is 0 Å². The van der Waals surface area contributed by atoms with Crippen molar-refractivity contribution in [1.82, 2.24) is 9.47 Å². The molecule has 0 saturated carbocycles. The summed E-state index contributed by atoms with van der Waals surface area (Å²) in [4.78, 5) is 26.6. The number of carbonyl (C=O) groups excluding carboxylic acids is 1. The predicted molar refractivity (Wildman–Crippen MR) is 125 cm³/mol. The Morgan fingerprint density at radius 2 is 1.86 bits per heavy atom. The van der Waals surface area contributed by atoms with Gasteiger partial charge in [0, 0.05) is 50.2 Å². The standard InChI is InChI=1S/C24H26F3N5O3/c1-4-7-31-16(2)12-18(17(31)3)13-19(15-28)23(33)30-10-8-29(9-11-30)21-6-5-20(24(25,26)27)14-22(21)32(34)35/h5-6,12-14H,4,7-11H2,1-3H3/b19-13+. The number of anilines is 1. The van der Waals surface area contributed by atoms with E-state index in [9.17, 15) is 33.3 Å². The van der Waals surface area contributed by atoms with E-state index in [-0.39, 0.29) is 37.4 Å². The molecule has 3 rings (SSSR count). The molecule has 11 heteroatoms. The topological polar surface area (TPSA) is 95.4 Å². The third-order valence-electron chi connectivity index (χ3n) is 6.12. The summed E-state index contributed by atoms with van der Waals surface area (Å²) in [6, 6.07) is 6.33. The maximum atomic E-state index is 13.0. The van der Waals surface area contributed by atoms with Gasteiger partial charge in [0.15, 0.2) is 0 Å². The second kappa shape index (κ2) is 10.2. The van der Waals surface area contributed by atoms with Crippen LogP contribution in [0, 0.1) is 35.3 Å². The molecule has 0 aliphatic carbocycles. The van der Waals surface area contributed by atoms with E-state index in [1.165, 1.54) is 4.90 Å². The number of nitriles is 1. The van der Waals surface area contributed by atoms with E-state index in [2.05, 4.69) is 11.5 Å². The molecule has 35 heavy (non-hydrogen) atoms. The van der Waals surface area contributed by atoms with Crippen molar-refractivity contribution in [3.05, 3.63) is 62.5 Å². The Kier molecular flexibility index (Phi) is 7.53. The predicted octanol–water partition coefficient (Wildman–Crippen LogP) is 4.70. The number of alkyl halides is 3. The lowest BCUT2D eigenvalue weighted by Gasteiger charge is -2.35. The Balaban J connectivity index is 1.77. The molecule has 1 aliphatic heterocycles. The first kappa shape index (κ1) is 25.8. The summed E-state index contributed by atoms with van der Waals surface area (Å²) in [6.45, 7) is 7.51. The van der Waals surface area contributed by atoms with Crippen molar-refractivity contribution in [2.24, 2.45) is 0 Å². The number of rotatable bonds is 6. The number of nitrogens with zero attached hydrogens (tertiary/aromatic N) is 5. The number of benzene rings is 1. The molecule has 1 aliphatic rings. The third-order valence-corrected chi connectivity index (χ3v) is 6.12. The van der Waals surface area contributed by atoms with Crippen molar-refractivity contribution in [1.29, 1.82) is 5.26 Å². The first-order valence-corrected chi connectivity index (χ1v) is 11.2. The third kappa shape index (κ3) is 5.48. The van der Waals surface area contributed by atoms with Gasteiger partial charge in [-0.2, -0.15) is 18.4 Å². The lowest BCUT2D eigenvalue weighted by Crippen LogP contribution is -2.49. The molecule has 0 unspecified atom stereocenters. The monoisotopic (exact) mass is 489 g/mol. The van der Waals surface area contributed by atoms with Gasteiger partial charge in [0.2, 0.25) is 0 Å². The average Bonchev–Trinajstić information content (AvgIpc) is 3.08. The summed E-state index contributed by atoms with van der Waals surface area (Å²) < 4.78 is 41.1. The maximum absolute atomic E-state index is 13.0. The number of nitro benzene ring substituents is 1. The molecule has 2 heterocycles. The van der Waals surface area contributed by atoms with Gasteiger partial charge in [-0.3, -0.25) is 14.9 Å². The maximum Gasteiger partial charge on any atom is 0.416 e. The molecule has 8 nitrogen and oxygen atoms in total. The van der Waals surface area contributed by atoms with E-state index < -0.39 is 28.3 Å². The van der Waals surface area contributed by atoms with Crippen LogP contribution in [0.15, 0.2) is 29.8 Å². The Labute approximate surface area is 201 Å². The highest BCUT2D eigenvalue weighted by molar-refractivity contribution is 6.02. The molecule has 0 spiro atoms. The van der Waals surface area contributed by atoms with Crippen molar-refractivity contribution in [3.63, 3.8) is 0 Å². The minimum Gasteiger partial charge on any atom is -0.362 e. The first-order valence-electron chi connectivity index (χ1n) is 11.2. The zero-order valence-electron chi connectivity index (χ0n) is 19.7. The van der Waals surface area contributed by atoms with Crippen molar-refractivity contribution in [3.8, 4) is 6.07 Å². The molecule has 186 valence electrons. The fourth-order valence-corrected chi connectivity index (χ4v) is 4.27. The van der Waals surface area contributed by atoms with E-state index >= 15 is 0 Å². The summed E-state index contributed by atoms with van der Waals surface area (Å²) in [5.41, 5.74) is 1.10. The molecule has 1 amide bonds. The number of nitro groups is 1. The number of hydrogen-bond acceptors (Lipinski definition) is 5. The number of carbonyl (C=O) groups is 1. The Bertz CT molecular complexity index is 1200. The number of aryl methyl sites for hydroxylation is 1. The summed E-state index contributed by atoms with van der Waals surface area (Å²) in [7, 11) is 0. The molecule has 1 saturated heterocycles. The lowest BCUT2D eigenvalue weighted by molar-refractivity contribution is -0.384. The highest BCUT2D eigenvalue weighted by Crippen LogP contribution is 2.36. The fraction of sp³-hybridized carbons (Fsp3) is 0.417. The van der Waals surface area contributed by atoms with Crippen molar-refractivity contribution < 1.29 is 22.9 Å². The normalized spacial score (nSPS) is 14.7. The van der Waals surface area contributed by atoms with E-state index in [0.717, 1.165) is 42.0 Å². The van der Waals surface area contributed by atoms with Crippen LogP contribution in [0.5, 0.6) is 0 Å². The van der Waals surface area contributed by atoms with Crippen LogP contribution in [0.1, 0.15) is 35.9 Å². The van der Waals surface area contributed by atoms with Gasteiger partial charge in [-0.1, -0.05) is 6.92 Å². The summed E-state index contributed by atoms with van der Waals surface area (Å²) >= 11 is 0. The van der Waals surface area contributed by atoms with Crippen LogP contribution >= 0.6 is 0 Å². The van der Waals surface area contributed by atoms with Gasteiger partial charge >= 0.3 is 6.18 Å². The Hall–Kier alpha value is -3.81. The molecule has 0 radical (unpaired) electrons. The Morgan fingerprint density at radius 1 is 1.20 bits per heavy atom. The molecule has 1 fully saturated rings. The number of amides is 1.